The van der Waals surface area contributed by atoms with E-state index in [9.17, 15) is 28.8 Å². The van der Waals surface area contributed by atoms with E-state index in [0.717, 1.165) is 0 Å². The highest BCUT2D eigenvalue weighted by molar-refractivity contribution is 5.92. The van der Waals surface area contributed by atoms with Crippen molar-refractivity contribution < 1.29 is 33.9 Å². The number of nitrogens with two attached hydrogens (primary N) is 3. The number of amides is 5. The number of aliphatic carboxylic acids is 1. The van der Waals surface area contributed by atoms with Gasteiger partial charge in [-0.2, -0.15) is 0 Å². The van der Waals surface area contributed by atoms with Crippen LogP contribution in [0.5, 0.6) is 0 Å². The van der Waals surface area contributed by atoms with E-state index in [-0.39, 0.29) is 25.7 Å². The second-order valence-electron chi connectivity index (χ2n) is 6.02. The van der Waals surface area contributed by atoms with Crippen LogP contribution in [-0.2, 0) is 28.8 Å². The predicted octanol–water partition coefficient (Wildman–Crippen LogP) is -3.96. The van der Waals surface area contributed by atoms with E-state index in [4.69, 9.17) is 22.3 Å². The molecule has 5 amide bonds. The van der Waals surface area contributed by atoms with Crippen molar-refractivity contribution in [3.63, 3.8) is 0 Å². The average Bonchev–Trinajstić information content (AvgIpc) is 2.60. The summed E-state index contributed by atoms with van der Waals surface area (Å²) in [5.41, 5.74) is 15.5. The van der Waals surface area contributed by atoms with Gasteiger partial charge in [-0.05, 0) is 19.8 Å². The Kier molecular flexibility index (Phi) is 10.8. The monoisotopic (exact) mass is 402 g/mol. The van der Waals surface area contributed by atoms with Gasteiger partial charge in [-0.3, -0.25) is 24.0 Å². The zero-order valence-electron chi connectivity index (χ0n) is 15.4. The first-order valence-corrected chi connectivity index (χ1v) is 8.36. The summed E-state index contributed by atoms with van der Waals surface area (Å²) in [4.78, 5) is 67.9. The highest BCUT2D eigenvalue weighted by atomic mass is 16.4. The first-order valence-electron chi connectivity index (χ1n) is 8.36. The molecule has 28 heavy (non-hydrogen) atoms. The Balaban J connectivity index is 4.40. The van der Waals surface area contributed by atoms with Crippen LogP contribution in [0.4, 0.5) is 0 Å². The van der Waals surface area contributed by atoms with Crippen molar-refractivity contribution in [3.8, 4) is 0 Å². The fourth-order valence-electron chi connectivity index (χ4n) is 1.92. The van der Waals surface area contributed by atoms with Crippen molar-refractivity contribution in [2.24, 2.45) is 17.2 Å². The SMILES string of the molecule is C[C@H](NC(=O)[C@@H](N)CCC(N)=O)C(=O)NCC(=O)N[C@@H](CCC(N)=O)C(=O)O. The molecule has 0 saturated carbocycles. The minimum atomic E-state index is -1.36. The minimum Gasteiger partial charge on any atom is -0.480 e. The van der Waals surface area contributed by atoms with Crippen LogP contribution in [0.3, 0.4) is 0 Å². The van der Waals surface area contributed by atoms with Crippen LogP contribution in [0.25, 0.3) is 0 Å². The van der Waals surface area contributed by atoms with Gasteiger partial charge in [0.05, 0.1) is 12.6 Å². The Hall–Kier alpha value is -3.22. The van der Waals surface area contributed by atoms with E-state index in [1.165, 1.54) is 6.92 Å². The van der Waals surface area contributed by atoms with E-state index < -0.39 is 60.2 Å². The van der Waals surface area contributed by atoms with E-state index in [1.54, 1.807) is 0 Å². The summed E-state index contributed by atoms with van der Waals surface area (Å²) in [6.45, 7) is 0.798. The Morgan fingerprint density at radius 1 is 0.893 bits per heavy atom. The molecule has 158 valence electrons. The van der Waals surface area contributed by atoms with Gasteiger partial charge in [0.1, 0.15) is 12.1 Å². The first-order chi connectivity index (χ1) is 12.9. The van der Waals surface area contributed by atoms with Gasteiger partial charge in [0.15, 0.2) is 0 Å². The van der Waals surface area contributed by atoms with Gasteiger partial charge in [-0.1, -0.05) is 0 Å². The van der Waals surface area contributed by atoms with Crippen molar-refractivity contribution in [3.05, 3.63) is 0 Å². The molecule has 0 aliphatic carbocycles. The maximum Gasteiger partial charge on any atom is 0.326 e. The molecular weight excluding hydrogens is 376 g/mol. The molecule has 13 nitrogen and oxygen atoms in total. The van der Waals surface area contributed by atoms with Gasteiger partial charge in [-0.25, -0.2) is 4.79 Å². The number of carboxylic acids is 1. The molecule has 3 atom stereocenters. The number of carbonyl (C=O) groups is 6. The van der Waals surface area contributed by atoms with Crippen molar-refractivity contribution in [1.29, 1.82) is 0 Å². The van der Waals surface area contributed by atoms with Crippen molar-refractivity contribution in [2.45, 2.75) is 50.7 Å². The van der Waals surface area contributed by atoms with E-state index in [1.807, 2.05) is 0 Å². The molecule has 0 spiro atoms. The molecule has 0 aromatic carbocycles. The molecule has 0 rings (SSSR count). The zero-order valence-corrected chi connectivity index (χ0v) is 15.4. The molecule has 0 saturated heterocycles. The van der Waals surface area contributed by atoms with Crippen molar-refractivity contribution in [2.75, 3.05) is 6.54 Å². The second-order valence-corrected chi connectivity index (χ2v) is 6.02. The third-order valence-corrected chi connectivity index (χ3v) is 3.53. The summed E-state index contributed by atoms with van der Waals surface area (Å²) in [5, 5.41) is 15.7. The second kappa shape index (κ2) is 12.2. The molecule has 13 heteroatoms. The van der Waals surface area contributed by atoms with Crippen LogP contribution in [-0.4, -0.2) is 65.3 Å². The molecule has 0 heterocycles. The fraction of sp³-hybridized carbons (Fsp3) is 0.600. The van der Waals surface area contributed by atoms with Crippen LogP contribution >= 0.6 is 0 Å². The first kappa shape index (κ1) is 24.8. The summed E-state index contributed by atoms with van der Waals surface area (Å²) in [6.07, 6.45) is -0.502. The van der Waals surface area contributed by atoms with Gasteiger partial charge in [0, 0.05) is 12.8 Å². The Labute approximate surface area is 160 Å². The van der Waals surface area contributed by atoms with Crippen LogP contribution < -0.4 is 33.2 Å². The Morgan fingerprint density at radius 2 is 1.43 bits per heavy atom. The standard InChI is InChI=1S/C15H26N6O7/c1-7(20-14(26)8(16)2-4-10(17)22)13(25)19-6-12(24)21-9(15(27)28)3-5-11(18)23/h7-9H,2-6,16H2,1H3,(H2,17,22)(H2,18,23)(H,19,25)(H,20,26)(H,21,24)(H,27,28)/t7-,8-,9-/m0/s1. The van der Waals surface area contributed by atoms with Gasteiger partial charge in [-0.15, -0.1) is 0 Å². The predicted molar refractivity (Wildman–Crippen MR) is 95.0 cm³/mol. The van der Waals surface area contributed by atoms with Crippen LogP contribution in [0.15, 0.2) is 0 Å². The van der Waals surface area contributed by atoms with Gasteiger partial charge < -0.3 is 38.3 Å². The normalized spacial score (nSPS) is 13.5. The maximum atomic E-state index is 11.9. The lowest BCUT2D eigenvalue weighted by atomic mass is 10.1. The molecule has 0 aromatic rings. The molecule has 0 aliphatic heterocycles. The average molecular weight is 402 g/mol. The molecule has 10 N–H and O–H groups in total. The van der Waals surface area contributed by atoms with Gasteiger partial charge in [0.2, 0.25) is 29.5 Å². The van der Waals surface area contributed by atoms with Gasteiger partial charge >= 0.3 is 5.97 Å². The summed E-state index contributed by atoms with van der Waals surface area (Å²) in [7, 11) is 0. The van der Waals surface area contributed by atoms with Gasteiger partial charge in [0.25, 0.3) is 0 Å². The number of rotatable bonds is 13. The van der Waals surface area contributed by atoms with Crippen LogP contribution in [0.2, 0.25) is 0 Å². The third-order valence-electron chi connectivity index (χ3n) is 3.53. The quantitative estimate of drug-likeness (QED) is 0.160. The Morgan fingerprint density at radius 3 is 1.93 bits per heavy atom. The zero-order chi connectivity index (χ0) is 21.9. The topological polar surface area (TPSA) is 237 Å². The molecule has 0 bridgehead atoms. The number of hydrogen-bond acceptors (Lipinski definition) is 7. The lowest BCUT2D eigenvalue weighted by molar-refractivity contribution is -0.142. The molecule has 0 unspecified atom stereocenters. The number of primary amides is 2. The maximum absolute atomic E-state index is 11.9. The molecule has 0 aromatic heterocycles. The number of nitrogens with one attached hydrogen (secondary N) is 3. The lowest BCUT2D eigenvalue weighted by Gasteiger charge is -2.18. The summed E-state index contributed by atoms with van der Waals surface area (Å²) in [6, 6.07) is -3.41. The van der Waals surface area contributed by atoms with Crippen LogP contribution in [0, 0.1) is 0 Å². The van der Waals surface area contributed by atoms with Crippen LogP contribution in [0.1, 0.15) is 32.6 Å². The highest BCUT2D eigenvalue weighted by Gasteiger charge is 2.23. The van der Waals surface area contributed by atoms with E-state index >= 15 is 0 Å². The number of hydrogen-bond donors (Lipinski definition) is 7. The third kappa shape index (κ3) is 10.7. The molecular formula is C15H26N6O7. The smallest absolute Gasteiger partial charge is 0.326 e. The van der Waals surface area contributed by atoms with E-state index in [2.05, 4.69) is 16.0 Å². The van der Waals surface area contributed by atoms with E-state index in [0.29, 0.717) is 0 Å². The summed E-state index contributed by atoms with van der Waals surface area (Å²) >= 11 is 0. The fourth-order valence-corrected chi connectivity index (χ4v) is 1.92. The molecule has 0 fully saturated rings. The van der Waals surface area contributed by atoms with Crippen molar-refractivity contribution in [1.82, 2.24) is 16.0 Å². The summed E-state index contributed by atoms with van der Waals surface area (Å²) < 4.78 is 0. The minimum absolute atomic E-state index is 0.0137. The largest absolute Gasteiger partial charge is 0.480 e. The molecule has 0 aliphatic rings. The lowest BCUT2D eigenvalue weighted by Crippen LogP contribution is -2.52. The number of carboxylic acid groups (broad SMARTS) is 1. The summed E-state index contributed by atoms with van der Waals surface area (Å²) in [5.74, 6) is -4.88. The van der Waals surface area contributed by atoms with Crippen molar-refractivity contribution >= 4 is 35.5 Å². The molecule has 0 radical (unpaired) electrons. The highest BCUT2D eigenvalue weighted by Crippen LogP contribution is 1.98. The Bertz CT molecular complexity index is 624. The number of carbonyl (C=O) groups excluding carboxylic acids is 5.